The normalized spacial score (nSPS) is 18.3. The van der Waals surface area contributed by atoms with Gasteiger partial charge < -0.3 is 15.2 Å². The second-order valence-electron chi connectivity index (χ2n) is 6.75. The molecule has 1 atom stereocenters. The standard InChI is InChI=1S/C23H21NO3/c25-22(19-12-10-18(11-13-19)17-6-2-1-3-7-17)24-16-23(26)14-15-27-21-9-5-4-8-20(21)23/h1-13,26H,14-16H2,(H,24,25). The Balaban J connectivity index is 1.46. The van der Waals surface area contributed by atoms with Crippen LogP contribution in [0.4, 0.5) is 0 Å². The highest BCUT2D eigenvalue weighted by Gasteiger charge is 2.35. The molecule has 136 valence electrons. The van der Waals surface area contributed by atoms with Crippen molar-refractivity contribution in [3.8, 4) is 16.9 Å². The van der Waals surface area contributed by atoms with Gasteiger partial charge in [-0.1, -0.05) is 60.7 Å². The van der Waals surface area contributed by atoms with E-state index in [0.29, 0.717) is 24.3 Å². The molecule has 0 fully saturated rings. The highest BCUT2D eigenvalue weighted by Crippen LogP contribution is 2.36. The van der Waals surface area contributed by atoms with Gasteiger partial charge in [0.15, 0.2) is 0 Å². The van der Waals surface area contributed by atoms with E-state index in [4.69, 9.17) is 4.74 Å². The van der Waals surface area contributed by atoms with Crippen LogP contribution < -0.4 is 10.1 Å². The lowest BCUT2D eigenvalue weighted by atomic mass is 9.88. The van der Waals surface area contributed by atoms with Crippen LogP contribution >= 0.6 is 0 Å². The SMILES string of the molecule is O=C(NCC1(O)CCOc2ccccc21)c1ccc(-c2ccccc2)cc1. The van der Waals surface area contributed by atoms with Gasteiger partial charge in [-0.2, -0.15) is 0 Å². The molecule has 1 unspecified atom stereocenters. The Morgan fingerprint density at radius 2 is 1.59 bits per heavy atom. The second-order valence-corrected chi connectivity index (χ2v) is 6.75. The van der Waals surface area contributed by atoms with Crippen LogP contribution in [0, 0.1) is 0 Å². The zero-order valence-electron chi connectivity index (χ0n) is 14.9. The summed E-state index contributed by atoms with van der Waals surface area (Å²) in [5.74, 6) is 0.472. The summed E-state index contributed by atoms with van der Waals surface area (Å²) in [5, 5.41) is 13.9. The number of fused-ring (bicyclic) bond motifs is 1. The van der Waals surface area contributed by atoms with Gasteiger partial charge in [0.05, 0.1) is 13.2 Å². The first-order chi connectivity index (χ1) is 13.2. The molecule has 4 nitrogen and oxygen atoms in total. The third-order valence-electron chi connectivity index (χ3n) is 4.96. The van der Waals surface area contributed by atoms with Crippen LogP contribution in [-0.2, 0) is 5.60 Å². The van der Waals surface area contributed by atoms with Crippen molar-refractivity contribution in [2.24, 2.45) is 0 Å². The molecule has 1 aliphatic heterocycles. The van der Waals surface area contributed by atoms with Gasteiger partial charge in [0.1, 0.15) is 11.4 Å². The van der Waals surface area contributed by atoms with Gasteiger partial charge >= 0.3 is 0 Å². The first-order valence-corrected chi connectivity index (χ1v) is 9.04. The quantitative estimate of drug-likeness (QED) is 0.746. The minimum atomic E-state index is -1.12. The van der Waals surface area contributed by atoms with Gasteiger partial charge in [-0.05, 0) is 29.3 Å². The molecule has 27 heavy (non-hydrogen) atoms. The van der Waals surface area contributed by atoms with Crippen molar-refractivity contribution < 1.29 is 14.6 Å². The van der Waals surface area contributed by atoms with E-state index in [9.17, 15) is 9.90 Å². The number of nitrogens with one attached hydrogen (secondary N) is 1. The zero-order valence-corrected chi connectivity index (χ0v) is 14.9. The zero-order chi connectivity index (χ0) is 18.7. The minimum Gasteiger partial charge on any atom is -0.493 e. The van der Waals surface area contributed by atoms with Gasteiger partial charge in [0.25, 0.3) is 5.91 Å². The van der Waals surface area contributed by atoms with E-state index in [1.165, 1.54) is 0 Å². The van der Waals surface area contributed by atoms with E-state index in [-0.39, 0.29) is 12.5 Å². The summed E-state index contributed by atoms with van der Waals surface area (Å²) in [7, 11) is 0. The van der Waals surface area contributed by atoms with Crippen LogP contribution in [0.2, 0.25) is 0 Å². The Morgan fingerprint density at radius 1 is 0.926 bits per heavy atom. The molecule has 0 bridgehead atoms. The van der Waals surface area contributed by atoms with Crippen LogP contribution in [0.3, 0.4) is 0 Å². The maximum absolute atomic E-state index is 12.5. The van der Waals surface area contributed by atoms with Crippen molar-refractivity contribution in [2.45, 2.75) is 12.0 Å². The summed E-state index contributed by atoms with van der Waals surface area (Å²) < 4.78 is 5.59. The summed E-state index contributed by atoms with van der Waals surface area (Å²) >= 11 is 0. The van der Waals surface area contributed by atoms with Crippen LogP contribution in [0.25, 0.3) is 11.1 Å². The summed E-state index contributed by atoms with van der Waals surface area (Å²) in [6.07, 6.45) is 0.442. The van der Waals surface area contributed by atoms with E-state index in [0.717, 1.165) is 16.7 Å². The summed E-state index contributed by atoms with van der Waals surface area (Å²) in [5.41, 5.74) is 2.34. The molecule has 1 heterocycles. The molecule has 0 saturated carbocycles. The molecule has 0 aliphatic carbocycles. The Hall–Kier alpha value is -3.11. The largest absolute Gasteiger partial charge is 0.493 e. The number of benzene rings is 3. The fourth-order valence-electron chi connectivity index (χ4n) is 3.40. The smallest absolute Gasteiger partial charge is 0.251 e. The Kier molecular flexibility index (Phi) is 4.65. The average Bonchev–Trinajstić information content (AvgIpc) is 2.73. The molecule has 1 aliphatic rings. The summed E-state index contributed by atoms with van der Waals surface area (Å²) in [6.45, 7) is 0.571. The third-order valence-corrected chi connectivity index (χ3v) is 4.96. The van der Waals surface area contributed by atoms with Crippen molar-refractivity contribution in [1.82, 2.24) is 5.32 Å². The van der Waals surface area contributed by atoms with E-state index in [1.807, 2.05) is 66.7 Å². The van der Waals surface area contributed by atoms with E-state index < -0.39 is 5.60 Å². The van der Waals surface area contributed by atoms with Gasteiger partial charge in [-0.25, -0.2) is 0 Å². The Labute approximate surface area is 158 Å². The van der Waals surface area contributed by atoms with Crippen molar-refractivity contribution in [3.05, 3.63) is 90.0 Å². The number of hydrogen-bond acceptors (Lipinski definition) is 3. The molecule has 3 aromatic rings. The van der Waals surface area contributed by atoms with Gasteiger partial charge in [0.2, 0.25) is 0 Å². The molecule has 3 aromatic carbocycles. The fourth-order valence-corrected chi connectivity index (χ4v) is 3.40. The highest BCUT2D eigenvalue weighted by atomic mass is 16.5. The minimum absolute atomic E-state index is 0.145. The second kappa shape index (κ2) is 7.25. The van der Waals surface area contributed by atoms with Crippen LogP contribution in [0.15, 0.2) is 78.9 Å². The lowest BCUT2D eigenvalue weighted by molar-refractivity contribution is -0.00160. The predicted octanol–water partition coefficient (Wildman–Crippen LogP) is 3.75. The number of para-hydroxylation sites is 1. The molecule has 0 saturated heterocycles. The molecule has 0 spiro atoms. The van der Waals surface area contributed by atoms with Crippen LogP contribution in [0.5, 0.6) is 5.75 Å². The first-order valence-electron chi connectivity index (χ1n) is 9.04. The van der Waals surface area contributed by atoms with Crippen molar-refractivity contribution in [2.75, 3.05) is 13.2 Å². The molecule has 1 amide bonds. The average molecular weight is 359 g/mol. The summed E-state index contributed by atoms with van der Waals surface area (Å²) in [6, 6.07) is 24.9. The number of hydrogen-bond donors (Lipinski definition) is 2. The number of carbonyl (C=O) groups is 1. The molecular formula is C23H21NO3. The van der Waals surface area contributed by atoms with Crippen molar-refractivity contribution >= 4 is 5.91 Å². The molecule has 0 radical (unpaired) electrons. The maximum Gasteiger partial charge on any atom is 0.251 e. The van der Waals surface area contributed by atoms with Crippen LogP contribution in [-0.4, -0.2) is 24.2 Å². The molecular weight excluding hydrogens is 338 g/mol. The number of carbonyl (C=O) groups excluding carboxylic acids is 1. The Bertz CT molecular complexity index is 937. The topological polar surface area (TPSA) is 58.6 Å². The number of ether oxygens (including phenoxy) is 1. The van der Waals surface area contributed by atoms with E-state index >= 15 is 0 Å². The van der Waals surface area contributed by atoms with Gasteiger partial charge in [-0.15, -0.1) is 0 Å². The number of amides is 1. The lowest BCUT2D eigenvalue weighted by Crippen LogP contribution is -2.43. The van der Waals surface area contributed by atoms with Crippen molar-refractivity contribution in [3.63, 3.8) is 0 Å². The lowest BCUT2D eigenvalue weighted by Gasteiger charge is -2.34. The van der Waals surface area contributed by atoms with E-state index in [1.54, 1.807) is 12.1 Å². The van der Waals surface area contributed by atoms with Crippen LogP contribution in [0.1, 0.15) is 22.3 Å². The first kappa shape index (κ1) is 17.3. The fraction of sp³-hybridized carbons (Fsp3) is 0.174. The van der Waals surface area contributed by atoms with Gasteiger partial charge in [0, 0.05) is 17.5 Å². The summed E-state index contributed by atoms with van der Waals surface area (Å²) in [4.78, 5) is 12.5. The van der Waals surface area contributed by atoms with E-state index in [2.05, 4.69) is 5.32 Å². The molecule has 4 rings (SSSR count). The van der Waals surface area contributed by atoms with Crippen molar-refractivity contribution in [1.29, 1.82) is 0 Å². The van der Waals surface area contributed by atoms with Gasteiger partial charge in [-0.3, -0.25) is 4.79 Å². The Morgan fingerprint density at radius 3 is 2.37 bits per heavy atom. The predicted molar refractivity (Wildman–Crippen MR) is 105 cm³/mol. The third kappa shape index (κ3) is 3.57. The highest BCUT2D eigenvalue weighted by molar-refractivity contribution is 5.94. The molecule has 4 heteroatoms. The monoisotopic (exact) mass is 359 g/mol. The maximum atomic E-state index is 12.5. The molecule has 2 N–H and O–H groups in total. The number of aliphatic hydroxyl groups is 1. The number of rotatable bonds is 4. The molecule has 0 aromatic heterocycles.